The second-order valence-corrected chi connectivity index (χ2v) is 4.54. The van der Waals surface area contributed by atoms with Gasteiger partial charge < -0.3 is 9.47 Å². The number of ether oxygens (including phenoxy) is 2. The first-order chi connectivity index (χ1) is 9.10. The van der Waals surface area contributed by atoms with Crippen molar-refractivity contribution >= 4 is 38.6 Å². The zero-order chi connectivity index (χ0) is 14.0. The third kappa shape index (κ3) is 2.31. The van der Waals surface area contributed by atoms with Gasteiger partial charge in [-0.3, -0.25) is 4.98 Å². The van der Waals surface area contributed by atoms with E-state index in [0.717, 1.165) is 4.47 Å². The van der Waals surface area contributed by atoms with Crippen molar-refractivity contribution in [3.05, 3.63) is 40.1 Å². The van der Waals surface area contributed by atoms with Gasteiger partial charge in [-0.1, -0.05) is 15.9 Å². The van der Waals surface area contributed by atoms with Crippen molar-refractivity contribution in [2.45, 2.75) is 0 Å². The van der Waals surface area contributed by atoms with E-state index in [1.165, 1.54) is 20.4 Å². The number of halogens is 1. The van der Waals surface area contributed by atoms with Crippen LogP contribution in [-0.4, -0.2) is 31.1 Å². The third-order valence-electron chi connectivity index (χ3n) is 2.68. The molecule has 0 radical (unpaired) electrons. The Hall–Kier alpha value is -1.95. The quantitative estimate of drug-likeness (QED) is 0.795. The highest BCUT2D eigenvalue weighted by Crippen LogP contribution is 2.29. The van der Waals surface area contributed by atoms with Crippen LogP contribution in [0.3, 0.4) is 0 Å². The molecule has 0 unspecified atom stereocenters. The topological polar surface area (TPSA) is 65.5 Å². The number of carbonyl (C=O) groups is 2. The molecule has 0 aliphatic rings. The minimum Gasteiger partial charge on any atom is -0.465 e. The van der Waals surface area contributed by atoms with Crippen LogP contribution in [0.25, 0.3) is 10.8 Å². The molecule has 0 aliphatic heterocycles. The molecular formula is C13H10BrNO4. The predicted molar refractivity (Wildman–Crippen MR) is 72.1 cm³/mol. The van der Waals surface area contributed by atoms with Crippen LogP contribution in [0.4, 0.5) is 0 Å². The summed E-state index contributed by atoms with van der Waals surface area (Å²) >= 11 is 3.36. The minimum absolute atomic E-state index is 0.224. The summed E-state index contributed by atoms with van der Waals surface area (Å²) < 4.78 is 10.2. The first-order valence-corrected chi connectivity index (χ1v) is 6.12. The molecule has 0 N–H and O–H groups in total. The molecule has 5 nitrogen and oxygen atoms in total. The second-order valence-electron chi connectivity index (χ2n) is 3.69. The molecule has 0 bridgehead atoms. The van der Waals surface area contributed by atoms with Gasteiger partial charge in [-0.2, -0.15) is 0 Å². The number of nitrogens with zero attached hydrogens (tertiary/aromatic N) is 1. The number of esters is 2. The lowest BCUT2D eigenvalue weighted by Gasteiger charge is -2.09. The second kappa shape index (κ2) is 5.36. The zero-order valence-corrected chi connectivity index (χ0v) is 11.9. The average Bonchev–Trinajstić information content (AvgIpc) is 2.45. The number of carbonyl (C=O) groups excluding carboxylic acids is 2. The smallest absolute Gasteiger partial charge is 0.340 e. The normalized spacial score (nSPS) is 10.3. The highest BCUT2D eigenvalue weighted by Gasteiger charge is 2.19. The number of fused-ring (bicyclic) bond motifs is 1. The van der Waals surface area contributed by atoms with E-state index in [0.29, 0.717) is 16.3 Å². The SMILES string of the molecule is COC(=O)c1ccc(Br)c2cncc(C(=O)OC)c12. The van der Waals surface area contributed by atoms with E-state index in [-0.39, 0.29) is 5.56 Å². The number of hydrogen-bond acceptors (Lipinski definition) is 5. The number of rotatable bonds is 2. The monoisotopic (exact) mass is 323 g/mol. The van der Waals surface area contributed by atoms with Gasteiger partial charge in [0.05, 0.1) is 25.3 Å². The van der Waals surface area contributed by atoms with Crippen molar-refractivity contribution in [2.24, 2.45) is 0 Å². The Balaban J connectivity index is 2.87. The molecule has 6 heteroatoms. The molecule has 1 aromatic heterocycles. The van der Waals surface area contributed by atoms with Gasteiger partial charge in [-0.05, 0) is 12.1 Å². The van der Waals surface area contributed by atoms with E-state index in [9.17, 15) is 9.59 Å². The summed E-state index contributed by atoms with van der Waals surface area (Å²) in [5, 5.41) is 1.11. The van der Waals surface area contributed by atoms with Gasteiger partial charge in [0.1, 0.15) is 0 Å². The van der Waals surface area contributed by atoms with Crippen LogP contribution in [0, 0.1) is 0 Å². The number of pyridine rings is 1. The summed E-state index contributed by atoms with van der Waals surface area (Å²) in [6, 6.07) is 3.29. The highest BCUT2D eigenvalue weighted by atomic mass is 79.9. The maximum atomic E-state index is 11.8. The van der Waals surface area contributed by atoms with Gasteiger partial charge in [0.25, 0.3) is 0 Å². The maximum absolute atomic E-state index is 11.8. The van der Waals surface area contributed by atoms with Gasteiger partial charge in [0.15, 0.2) is 0 Å². The fraction of sp³-hybridized carbons (Fsp3) is 0.154. The van der Waals surface area contributed by atoms with Gasteiger partial charge in [0.2, 0.25) is 0 Å². The largest absolute Gasteiger partial charge is 0.465 e. The standard InChI is InChI=1S/C13H10BrNO4/c1-18-12(16)7-3-4-10(14)8-5-15-6-9(11(7)8)13(17)19-2/h3-6H,1-2H3. The Labute approximate surface area is 117 Å². The Morgan fingerprint density at radius 1 is 1.05 bits per heavy atom. The summed E-state index contributed by atoms with van der Waals surface area (Å²) in [7, 11) is 2.56. The number of methoxy groups -OCH3 is 2. The molecule has 0 saturated heterocycles. The highest BCUT2D eigenvalue weighted by molar-refractivity contribution is 9.10. The molecule has 0 spiro atoms. The maximum Gasteiger partial charge on any atom is 0.340 e. The summed E-state index contributed by atoms with van der Waals surface area (Å²) in [6.45, 7) is 0. The fourth-order valence-electron chi connectivity index (χ4n) is 1.81. The summed E-state index contributed by atoms with van der Waals surface area (Å²) in [6.07, 6.45) is 2.94. The molecule has 1 heterocycles. The van der Waals surface area contributed by atoms with Crippen LogP contribution in [0.5, 0.6) is 0 Å². The summed E-state index contributed by atoms with van der Waals surface area (Å²) in [5.74, 6) is -1.07. The Kier molecular flexibility index (Phi) is 3.80. The van der Waals surface area contributed by atoms with Crippen LogP contribution in [0.15, 0.2) is 29.0 Å². The lowest BCUT2D eigenvalue weighted by atomic mass is 10.0. The number of hydrogen-bond donors (Lipinski definition) is 0. The van der Waals surface area contributed by atoms with E-state index < -0.39 is 11.9 Å². The molecule has 0 saturated carbocycles. The van der Waals surface area contributed by atoms with E-state index >= 15 is 0 Å². The number of benzene rings is 1. The lowest BCUT2D eigenvalue weighted by Crippen LogP contribution is -2.08. The molecule has 98 valence electrons. The molecular weight excluding hydrogens is 314 g/mol. The zero-order valence-electron chi connectivity index (χ0n) is 10.3. The third-order valence-corrected chi connectivity index (χ3v) is 3.37. The van der Waals surface area contributed by atoms with E-state index in [2.05, 4.69) is 20.9 Å². The van der Waals surface area contributed by atoms with Crippen LogP contribution in [0.1, 0.15) is 20.7 Å². The van der Waals surface area contributed by atoms with E-state index in [1.54, 1.807) is 18.3 Å². The Morgan fingerprint density at radius 3 is 2.32 bits per heavy atom. The van der Waals surface area contributed by atoms with Gasteiger partial charge in [0, 0.05) is 27.6 Å². The molecule has 0 amide bonds. The van der Waals surface area contributed by atoms with Gasteiger partial charge in [-0.25, -0.2) is 9.59 Å². The van der Waals surface area contributed by atoms with Crippen LogP contribution in [-0.2, 0) is 9.47 Å². The Morgan fingerprint density at radius 2 is 1.68 bits per heavy atom. The number of aromatic nitrogens is 1. The molecule has 2 aromatic rings. The summed E-state index contributed by atoms with van der Waals surface area (Å²) in [5.41, 5.74) is 0.519. The Bertz CT molecular complexity index is 647. The first-order valence-electron chi connectivity index (χ1n) is 5.33. The minimum atomic E-state index is -0.554. The lowest BCUT2D eigenvalue weighted by molar-refractivity contribution is 0.0601. The van der Waals surface area contributed by atoms with Crippen molar-refractivity contribution in [1.82, 2.24) is 4.98 Å². The molecule has 0 fully saturated rings. The molecule has 1 aromatic carbocycles. The van der Waals surface area contributed by atoms with Crippen molar-refractivity contribution in [1.29, 1.82) is 0 Å². The van der Waals surface area contributed by atoms with Crippen molar-refractivity contribution in [3.8, 4) is 0 Å². The first kappa shape index (κ1) is 13.5. The van der Waals surface area contributed by atoms with Crippen molar-refractivity contribution in [3.63, 3.8) is 0 Å². The molecule has 2 rings (SSSR count). The molecule has 0 atom stereocenters. The van der Waals surface area contributed by atoms with E-state index in [1.807, 2.05) is 0 Å². The molecule has 19 heavy (non-hydrogen) atoms. The molecule has 0 aliphatic carbocycles. The van der Waals surface area contributed by atoms with Crippen LogP contribution in [0.2, 0.25) is 0 Å². The van der Waals surface area contributed by atoms with Crippen LogP contribution < -0.4 is 0 Å². The predicted octanol–water partition coefficient (Wildman–Crippen LogP) is 2.57. The van der Waals surface area contributed by atoms with Crippen LogP contribution >= 0.6 is 15.9 Å². The summed E-state index contributed by atoms with van der Waals surface area (Å²) in [4.78, 5) is 27.6. The van der Waals surface area contributed by atoms with Crippen molar-refractivity contribution < 1.29 is 19.1 Å². The fourth-order valence-corrected chi connectivity index (χ4v) is 2.24. The van der Waals surface area contributed by atoms with Crippen molar-refractivity contribution in [2.75, 3.05) is 14.2 Å². The average molecular weight is 324 g/mol. The van der Waals surface area contributed by atoms with Gasteiger partial charge in [-0.15, -0.1) is 0 Å². The van der Waals surface area contributed by atoms with E-state index in [4.69, 9.17) is 9.47 Å². The van der Waals surface area contributed by atoms with Gasteiger partial charge >= 0.3 is 11.9 Å².